The average molecular weight is 623 g/mol. The molecule has 0 N–H and O–H groups in total. The molecule has 9 nitrogen and oxygen atoms in total. The zero-order valence-electron chi connectivity index (χ0n) is 24.1. The van der Waals surface area contributed by atoms with Crippen LogP contribution in [-0.2, 0) is 29.0 Å². The number of carbonyl (C=O) groups is 1. The number of rotatable bonds is 10. The van der Waals surface area contributed by atoms with Gasteiger partial charge in [-0.25, -0.2) is 14.8 Å². The van der Waals surface area contributed by atoms with Crippen LogP contribution in [0.3, 0.4) is 0 Å². The van der Waals surface area contributed by atoms with Crippen molar-refractivity contribution in [2.24, 2.45) is 5.92 Å². The van der Waals surface area contributed by atoms with E-state index in [1.54, 1.807) is 31.4 Å². The molecule has 0 saturated heterocycles. The summed E-state index contributed by atoms with van der Waals surface area (Å²) in [5, 5.41) is 0.755. The van der Waals surface area contributed by atoms with Gasteiger partial charge in [0.15, 0.2) is 5.82 Å². The van der Waals surface area contributed by atoms with Gasteiger partial charge in [-0.3, -0.25) is 0 Å². The van der Waals surface area contributed by atoms with Crippen molar-refractivity contribution in [2.45, 2.75) is 38.8 Å². The number of ether oxygens (including phenoxy) is 3. The predicted molar refractivity (Wildman–Crippen MR) is 159 cm³/mol. The van der Waals surface area contributed by atoms with Gasteiger partial charge < -0.3 is 23.2 Å². The van der Waals surface area contributed by atoms with Crippen LogP contribution < -0.4 is 4.74 Å². The number of methoxy groups -OCH3 is 2. The third kappa shape index (κ3) is 6.02. The topological polar surface area (TPSA) is 102 Å². The fourth-order valence-corrected chi connectivity index (χ4v) is 5.73. The van der Waals surface area contributed by atoms with Crippen LogP contribution in [0.5, 0.6) is 5.88 Å². The van der Waals surface area contributed by atoms with Crippen molar-refractivity contribution in [1.82, 2.24) is 19.5 Å². The van der Waals surface area contributed by atoms with Gasteiger partial charge in [0.25, 0.3) is 11.9 Å². The molecule has 0 radical (unpaired) electrons. The second-order valence-electron chi connectivity index (χ2n) is 10.6. The Morgan fingerprint density at radius 2 is 2.02 bits per heavy atom. The summed E-state index contributed by atoms with van der Waals surface area (Å²) in [4.78, 5) is 25.5. The second-order valence-corrected chi connectivity index (χ2v) is 11.0. The van der Waals surface area contributed by atoms with E-state index in [0.717, 1.165) is 47.9 Å². The first-order valence-electron chi connectivity index (χ1n) is 14.1. The largest absolute Gasteiger partial charge is 0.470 e. The highest BCUT2D eigenvalue weighted by atomic mass is 35.5. The van der Waals surface area contributed by atoms with Crippen molar-refractivity contribution in [3.63, 3.8) is 0 Å². The molecule has 44 heavy (non-hydrogen) atoms. The normalized spacial score (nSPS) is 15.1. The van der Waals surface area contributed by atoms with Gasteiger partial charge in [0, 0.05) is 37.1 Å². The van der Waals surface area contributed by atoms with E-state index in [1.807, 2.05) is 6.07 Å². The third-order valence-electron chi connectivity index (χ3n) is 7.80. The van der Waals surface area contributed by atoms with Crippen molar-refractivity contribution >= 4 is 45.1 Å². The number of nitrogens with zero attached hydrogens (tertiary/aromatic N) is 4. The van der Waals surface area contributed by atoms with Gasteiger partial charge in [0.05, 0.1) is 41.5 Å². The summed E-state index contributed by atoms with van der Waals surface area (Å²) in [6.45, 7) is 1.01. The number of fused-ring (bicyclic) bond motifs is 2. The molecule has 1 aliphatic rings. The molecule has 3 aromatic heterocycles. The van der Waals surface area contributed by atoms with Crippen molar-refractivity contribution < 1.29 is 32.2 Å². The Kier molecular flexibility index (Phi) is 8.58. The monoisotopic (exact) mass is 622 g/mol. The number of imidazole rings is 1. The number of aromatic nitrogens is 4. The van der Waals surface area contributed by atoms with Gasteiger partial charge in [0.2, 0.25) is 5.82 Å². The third-order valence-corrected chi connectivity index (χ3v) is 8.13. The van der Waals surface area contributed by atoms with Crippen LogP contribution in [0.1, 0.15) is 46.8 Å². The van der Waals surface area contributed by atoms with Crippen molar-refractivity contribution in [1.29, 1.82) is 0 Å². The quantitative estimate of drug-likeness (QED) is 0.154. The minimum absolute atomic E-state index is 0.0969. The number of hydrogen-bond donors (Lipinski definition) is 0. The first-order chi connectivity index (χ1) is 21.3. The molecule has 6 rings (SSSR count). The number of benzene rings is 2. The molecule has 1 aliphatic carbocycles. The Morgan fingerprint density at radius 1 is 1.16 bits per heavy atom. The van der Waals surface area contributed by atoms with Crippen molar-refractivity contribution in [3.05, 3.63) is 88.3 Å². The standard InChI is InChI=1S/C32H29ClF2N4O5/c1-41-12-11-39-26-14-20(32(40)42-2)8-10-25(26)37-28(39)13-18-3-5-19(6-4-18)30-36-16-24(34)31(38-30)43-17-21-7-9-23(33)22-15-27(35)44-29(21)22/h5,7-10,14-16,18H,3-4,6,11-13,17H2,1-2H3. The minimum atomic E-state index is -0.771. The van der Waals surface area contributed by atoms with Gasteiger partial charge in [-0.15, -0.1) is 0 Å². The summed E-state index contributed by atoms with van der Waals surface area (Å²) in [6, 6.07) is 9.03. The highest BCUT2D eigenvalue weighted by Crippen LogP contribution is 2.33. The van der Waals surface area contributed by atoms with E-state index in [4.69, 9.17) is 35.2 Å². The Labute approximate surface area is 256 Å². The smallest absolute Gasteiger partial charge is 0.337 e. The molecule has 3 heterocycles. The average Bonchev–Trinajstić information content (AvgIpc) is 3.60. The molecule has 0 aliphatic heterocycles. The van der Waals surface area contributed by atoms with Gasteiger partial charge >= 0.3 is 5.97 Å². The molecule has 0 bridgehead atoms. The van der Waals surface area contributed by atoms with E-state index in [9.17, 15) is 13.6 Å². The summed E-state index contributed by atoms with van der Waals surface area (Å²) in [6.07, 6.45) is 6.23. The molecule has 0 amide bonds. The molecule has 228 valence electrons. The van der Waals surface area contributed by atoms with Crippen LogP contribution >= 0.6 is 11.6 Å². The van der Waals surface area contributed by atoms with Crippen molar-refractivity contribution in [2.75, 3.05) is 20.8 Å². The molecule has 5 aromatic rings. The van der Waals surface area contributed by atoms with Gasteiger partial charge in [0.1, 0.15) is 18.0 Å². The van der Waals surface area contributed by atoms with Crippen LogP contribution in [0.25, 0.3) is 27.6 Å². The maximum atomic E-state index is 14.6. The Hall–Kier alpha value is -4.35. The SMILES string of the molecule is COCCn1c(CC2CC=C(c3ncc(F)c(OCc4ccc(Cl)c5cc(F)oc45)n3)CC2)nc2ccc(C(=O)OC)cc21. The number of allylic oxidation sites excluding steroid dienone is 2. The lowest BCUT2D eigenvalue weighted by molar-refractivity contribution is 0.0601. The summed E-state index contributed by atoms with van der Waals surface area (Å²) in [7, 11) is 3.01. The fourth-order valence-electron chi connectivity index (χ4n) is 5.52. The lowest BCUT2D eigenvalue weighted by Crippen LogP contribution is -2.15. The van der Waals surface area contributed by atoms with Gasteiger partial charge in [-0.05, 0) is 55.0 Å². The van der Waals surface area contributed by atoms with E-state index >= 15 is 0 Å². The van der Waals surface area contributed by atoms with Crippen LogP contribution in [0.4, 0.5) is 8.78 Å². The summed E-state index contributed by atoms with van der Waals surface area (Å²) < 4.78 is 51.5. The Balaban J connectivity index is 1.17. The molecule has 0 spiro atoms. The highest BCUT2D eigenvalue weighted by Gasteiger charge is 2.23. The molecule has 0 fully saturated rings. The summed E-state index contributed by atoms with van der Waals surface area (Å²) in [5.41, 5.74) is 3.78. The van der Waals surface area contributed by atoms with Gasteiger partial charge in [-0.1, -0.05) is 23.7 Å². The first-order valence-corrected chi connectivity index (χ1v) is 14.5. The van der Waals surface area contributed by atoms with Crippen LogP contribution in [0.15, 0.2) is 53.1 Å². The van der Waals surface area contributed by atoms with Crippen molar-refractivity contribution in [3.8, 4) is 5.88 Å². The minimum Gasteiger partial charge on any atom is -0.470 e. The second kappa shape index (κ2) is 12.7. The molecular weight excluding hydrogens is 594 g/mol. The van der Waals surface area contributed by atoms with E-state index in [-0.39, 0.29) is 18.1 Å². The molecule has 2 aromatic carbocycles. The maximum Gasteiger partial charge on any atom is 0.337 e. The maximum absolute atomic E-state index is 14.6. The number of esters is 1. The van der Waals surface area contributed by atoms with E-state index in [0.29, 0.717) is 52.9 Å². The summed E-state index contributed by atoms with van der Waals surface area (Å²) >= 11 is 6.13. The van der Waals surface area contributed by atoms with Crippen LogP contribution in [0.2, 0.25) is 5.02 Å². The fraction of sp³-hybridized carbons (Fsp3) is 0.312. The van der Waals surface area contributed by atoms with E-state index in [2.05, 4.69) is 20.6 Å². The first kappa shape index (κ1) is 29.7. The van der Waals surface area contributed by atoms with Crippen LogP contribution in [-0.4, -0.2) is 46.3 Å². The van der Waals surface area contributed by atoms with E-state index in [1.165, 1.54) is 13.2 Å². The number of furan rings is 1. The molecule has 12 heteroatoms. The molecule has 0 saturated carbocycles. The Bertz CT molecular complexity index is 1890. The Morgan fingerprint density at radius 3 is 2.80 bits per heavy atom. The number of hydrogen-bond acceptors (Lipinski definition) is 8. The lowest BCUT2D eigenvalue weighted by atomic mass is 9.87. The number of carbonyl (C=O) groups excluding carboxylic acids is 1. The van der Waals surface area contributed by atoms with Gasteiger partial charge in [-0.2, -0.15) is 13.8 Å². The summed E-state index contributed by atoms with van der Waals surface area (Å²) in [5.74, 6) is 0.324. The lowest BCUT2D eigenvalue weighted by Gasteiger charge is -2.22. The molecule has 1 unspecified atom stereocenters. The molecular formula is C32H29ClF2N4O5. The highest BCUT2D eigenvalue weighted by molar-refractivity contribution is 6.35. The zero-order chi connectivity index (χ0) is 30.8. The van der Waals surface area contributed by atoms with Crippen LogP contribution in [0, 0.1) is 17.7 Å². The number of halogens is 3. The predicted octanol–water partition coefficient (Wildman–Crippen LogP) is 6.94. The van der Waals surface area contributed by atoms with E-state index < -0.39 is 17.8 Å². The molecule has 1 atom stereocenters. The zero-order valence-corrected chi connectivity index (χ0v) is 24.9.